The first kappa shape index (κ1) is 18.8. The fraction of sp³-hybridized carbons (Fsp3) is 0.231. The molecule has 3 N–H and O–H groups in total. The van der Waals surface area contributed by atoms with Crippen molar-refractivity contribution in [2.45, 2.75) is 12.4 Å². The maximum absolute atomic E-state index is 12.8. The molecular weight excluding hydrogens is 374 g/mol. The Morgan fingerprint density at radius 1 is 1.24 bits per heavy atom. The normalized spacial score (nSPS) is 12.6. The molecule has 0 amide bonds. The summed E-state index contributed by atoms with van der Waals surface area (Å²) < 4.78 is 79.4. The maximum Gasteiger partial charge on any atom is 0.422 e. The largest absolute Gasteiger partial charge is 0.483 e. The molecule has 0 aliphatic carbocycles. The van der Waals surface area contributed by atoms with Gasteiger partial charge in [0.05, 0.1) is 11.8 Å². The van der Waals surface area contributed by atoms with Crippen molar-refractivity contribution in [1.82, 2.24) is 4.98 Å². The van der Waals surface area contributed by atoms with Crippen molar-refractivity contribution in [1.29, 1.82) is 0 Å². The highest BCUT2D eigenvalue weighted by Crippen LogP contribution is 2.37. The van der Waals surface area contributed by atoms with Gasteiger partial charge in [0.2, 0.25) is 5.13 Å². The topological polar surface area (TPSA) is 72.5 Å². The lowest BCUT2D eigenvalue weighted by Gasteiger charge is -2.15. The third-order valence-electron chi connectivity index (χ3n) is 2.60. The number of nitrogen functional groups attached to an aromatic ring is 1. The lowest BCUT2D eigenvalue weighted by molar-refractivity contribution is -0.158. The van der Waals surface area contributed by atoms with Crippen molar-refractivity contribution in [2.24, 2.45) is 5.10 Å². The van der Waals surface area contributed by atoms with Crippen molar-refractivity contribution >= 4 is 28.5 Å². The molecule has 0 unspecified atom stereocenters. The minimum absolute atomic E-state index is 0.0993. The molecule has 1 aromatic heterocycles. The second-order valence-electron chi connectivity index (χ2n) is 4.60. The van der Waals surface area contributed by atoms with Gasteiger partial charge < -0.3 is 10.5 Å². The first-order chi connectivity index (χ1) is 11.5. The van der Waals surface area contributed by atoms with Crippen LogP contribution in [0.3, 0.4) is 0 Å². The van der Waals surface area contributed by atoms with E-state index in [1.165, 1.54) is 0 Å². The number of nitrogens with two attached hydrogens (primary N) is 1. The predicted octanol–water partition coefficient (Wildman–Crippen LogP) is 4.13. The molecule has 0 atom stereocenters. The number of thiazole rings is 1. The van der Waals surface area contributed by atoms with Crippen LogP contribution in [-0.2, 0) is 6.18 Å². The van der Waals surface area contributed by atoms with Crippen LogP contribution >= 0.6 is 11.3 Å². The average Bonchev–Trinajstić information content (AvgIpc) is 2.89. The monoisotopic (exact) mass is 384 g/mol. The van der Waals surface area contributed by atoms with Crippen LogP contribution < -0.4 is 15.9 Å². The van der Waals surface area contributed by atoms with Crippen LogP contribution in [0, 0.1) is 0 Å². The van der Waals surface area contributed by atoms with Crippen LogP contribution in [0.2, 0.25) is 0 Å². The Morgan fingerprint density at radius 2 is 1.96 bits per heavy atom. The van der Waals surface area contributed by atoms with Crippen molar-refractivity contribution in [3.8, 4) is 5.75 Å². The smallest absolute Gasteiger partial charge is 0.422 e. The molecule has 0 spiro atoms. The summed E-state index contributed by atoms with van der Waals surface area (Å²) in [6.45, 7) is -1.84. The molecule has 12 heteroatoms. The first-order valence-corrected chi connectivity index (χ1v) is 7.33. The van der Waals surface area contributed by atoms with Crippen molar-refractivity contribution in [3.63, 3.8) is 0 Å². The maximum atomic E-state index is 12.8. The van der Waals surface area contributed by atoms with E-state index in [1.807, 2.05) is 0 Å². The Hall–Kier alpha value is -2.50. The molecule has 0 saturated carbocycles. The van der Waals surface area contributed by atoms with Crippen LogP contribution in [0.15, 0.2) is 28.7 Å². The van der Waals surface area contributed by atoms with E-state index in [0.717, 1.165) is 29.7 Å². The molecule has 1 heterocycles. The minimum atomic E-state index is -4.85. The number of anilines is 2. The highest BCUT2D eigenvalue weighted by molar-refractivity contribution is 7.14. The number of ether oxygens (including phenoxy) is 1. The number of nitrogens with one attached hydrogen (secondary N) is 1. The second-order valence-corrected chi connectivity index (χ2v) is 5.46. The number of rotatable bonds is 5. The van der Waals surface area contributed by atoms with Gasteiger partial charge in [-0.15, -0.1) is 11.3 Å². The Bertz CT molecular complexity index is 756. The lowest BCUT2D eigenvalue weighted by Crippen LogP contribution is -2.21. The first-order valence-electron chi connectivity index (χ1n) is 6.45. The summed E-state index contributed by atoms with van der Waals surface area (Å²) in [5, 5.41) is 5.61. The van der Waals surface area contributed by atoms with Crippen molar-refractivity contribution in [2.75, 3.05) is 17.8 Å². The molecule has 0 saturated heterocycles. The zero-order valence-electron chi connectivity index (χ0n) is 12.1. The van der Waals surface area contributed by atoms with Crippen molar-refractivity contribution in [3.05, 3.63) is 34.7 Å². The van der Waals surface area contributed by atoms with Gasteiger partial charge in [0.15, 0.2) is 6.61 Å². The summed E-state index contributed by atoms with van der Waals surface area (Å²) in [6.07, 6.45) is -8.51. The van der Waals surface area contributed by atoms with E-state index in [2.05, 4.69) is 20.2 Å². The number of hydrogen-bond acceptors (Lipinski definition) is 6. The highest BCUT2D eigenvalue weighted by Gasteiger charge is 2.36. The predicted molar refractivity (Wildman–Crippen MR) is 80.7 cm³/mol. The fourth-order valence-corrected chi connectivity index (χ4v) is 2.18. The fourth-order valence-electron chi connectivity index (χ4n) is 1.63. The number of halogens is 6. The van der Waals surface area contributed by atoms with E-state index in [-0.39, 0.29) is 11.4 Å². The van der Waals surface area contributed by atoms with Crippen molar-refractivity contribution < 1.29 is 31.1 Å². The third kappa shape index (κ3) is 5.81. The third-order valence-corrected chi connectivity index (χ3v) is 3.36. The Balaban J connectivity index is 2.18. The number of hydrazone groups is 1. The molecule has 0 aliphatic heterocycles. The molecule has 1 aromatic carbocycles. The van der Waals surface area contributed by atoms with Crippen LogP contribution in [0.25, 0.3) is 0 Å². The van der Waals surface area contributed by atoms with Gasteiger partial charge in [0.1, 0.15) is 11.6 Å². The zero-order valence-corrected chi connectivity index (χ0v) is 13.0. The van der Waals surface area contributed by atoms with E-state index in [1.54, 1.807) is 5.38 Å². The average molecular weight is 384 g/mol. The van der Waals surface area contributed by atoms with Gasteiger partial charge in [-0.25, -0.2) is 4.98 Å². The Kier molecular flexibility index (Phi) is 5.40. The van der Waals surface area contributed by atoms with Crippen LogP contribution in [0.5, 0.6) is 5.75 Å². The SMILES string of the molecule is Nc1csc(NN=Cc2ccc(C(F)(F)F)c(OCC(F)(F)F)c2)n1. The number of aromatic nitrogens is 1. The number of hydrogen-bond donors (Lipinski definition) is 2. The molecule has 0 bridgehead atoms. The lowest BCUT2D eigenvalue weighted by atomic mass is 10.1. The molecule has 136 valence electrons. The molecule has 0 aliphatic rings. The molecule has 0 fully saturated rings. The quantitative estimate of drug-likeness (QED) is 0.462. The number of nitrogens with zero attached hydrogens (tertiary/aromatic N) is 2. The summed E-state index contributed by atoms with van der Waals surface area (Å²) in [5.74, 6) is -0.674. The van der Waals surface area contributed by atoms with Gasteiger partial charge in [-0.1, -0.05) is 6.07 Å². The van der Waals surface area contributed by atoms with Crippen LogP contribution in [-0.4, -0.2) is 24.0 Å². The Labute approximate surface area is 141 Å². The minimum Gasteiger partial charge on any atom is -0.483 e. The van der Waals surface area contributed by atoms with E-state index < -0.39 is 30.3 Å². The van der Waals surface area contributed by atoms with E-state index >= 15 is 0 Å². The van der Waals surface area contributed by atoms with Crippen LogP contribution in [0.4, 0.5) is 37.3 Å². The van der Waals surface area contributed by atoms with Gasteiger partial charge in [-0.05, 0) is 17.7 Å². The summed E-state index contributed by atoms with van der Waals surface area (Å²) in [5.41, 5.74) is 6.68. The van der Waals surface area contributed by atoms with Gasteiger partial charge >= 0.3 is 12.4 Å². The Morgan fingerprint density at radius 3 is 2.52 bits per heavy atom. The molecule has 25 heavy (non-hydrogen) atoms. The van der Waals surface area contributed by atoms with Gasteiger partial charge in [-0.2, -0.15) is 31.4 Å². The van der Waals surface area contributed by atoms with Gasteiger partial charge in [0.25, 0.3) is 0 Å². The summed E-state index contributed by atoms with van der Waals surface area (Å²) in [7, 11) is 0. The standard InChI is InChI=1S/C13H10F6N4OS/c14-12(15,16)6-24-9-3-7(1-2-8(9)13(17,18)19)4-21-23-11-22-10(20)5-25-11/h1-5H,6,20H2,(H,22,23). The van der Waals surface area contributed by atoms with Gasteiger partial charge in [-0.3, -0.25) is 5.43 Å². The number of benzene rings is 1. The highest BCUT2D eigenvalue weighted by atomic mass is 32.1. The molecule has 2 aromatic rings. The van der Waals surface area contributed by atoms with E-state index in [0.29, 0.717) is 11.2 Å². The van der Waals surface area contributed by atoms with E-state index in [9.17, 15) is 26.3 Å². The van der Waals surface area contributed by atoms with E-state index in [4.69, 9.17) is 5.73 Å². The molecule has 2 rings (SSSR count). The second kappa shape index (κ2) is 7.17. The number of alkyl halides is 6. The molecular formula is C13H10F6N4OS. The summed E-state index contributed by atoms with van der Waals surface area (Å²) in [6, 6.07) is 2.48. The molecule has 0 radical (unpaired) electrons. The summed E-state index contributed by atoms with van der Waals surface area (Å²) in [4.78, 5) is 3.84. The van der Waals surface area contributed by atoms with Crippen LogP contribution in [0.1, 0.15) is 11.1 Å². The van der Waals surface area contributed by atoms with Gasteiger partial charge in [0, 0.05) is 5.38 Å². The molecule has 5 nitrogen and oxygen atoms in total. The zero-order chi connectivity index (χ0) is 18.7. The summed E-state index contributed by atoms with van der Waals surface area (Å²) >= 11 is 1.15.